The van der Waals surface area contributed by atoms with Crippen LogP contribution < -0.4 is 0 Å². The highest BCUT2D eigenvalue weighted by molar-refractivity contribution is 7.99. The Morgan fingerprint density at radius 1 is 0.875 bits per heavy atom. The molecule has 0 spiro atoms. The van der Waals surface area contributed by atoms with Crippen LogP contribution in [-0.2, 0) is 11.9 Å². The van der Waals surface area contributed by atoms with Gasteiger partial charge in [-0.25, -0.2) is 0 Å². The van der Waals surface area contributed by atoms with E-state index in [4.69, 9.17) is 0 Å². The van der Waals surface area contributed by atoms with E-state index in [0.717, 1.165) is 16.2 Å². The van der Waals surface area contributed by atoms with Gasteiger partial charge in [-0.2, -0.15) is 13.2 Å². The van der Waals surface area contributed by atoms with Gasteiger partial charge in [-0.3, -0.25) is 0 Å². The molecule has 0 fully saturated rings. The van der Waals surface area contributed by atoms with Crippen molar-refractivity contribution in [3.05, 3.63) is 93.7 Å². The minimum Gasteiger partial charge on any atom is -0.166 e. The molecule has 0 N–H and O–H groups in total. The zero-order chi connectivity index (χ0) is 17.0. The number of alkyl halides is 3. The summed E-state index contributed by atoms with van der Waals surface area (Å²) in [6.07, 6.45) is -4.30. The number of benzene rings is 2. The van der Waals surface area contributed by atoms with Gasteiger partial charge in [0, 0.05) is 10.6 Å². The van der Waals surface area contributed by atoms with Crippen molar-refractivity contribution in [2.45, 2.75) is 17.2 Å². The highest BCUT2D eigenvalue weighted by Crippen LogP contribution is 2.40. The SMILES string of the molecule is FC(F)(F)c1ccc(C(SCc2ccccc2)c2cccs2)cc1. The first kappa shape index (κ1) is 17.1. The molecule has 2 aromatic carbocycles. The fourth-order valence-corrected chi connectivity index (χ4v) is 4.63. The molecule has 5 heteroatoms. The van der Waals surface area contributed by atoms with E-state index in [1.165, 1.54) is 17.7 Å². The van der Waals surface area contributed by atoms with E-state index in [2.05, 4.69) is 12.1 Å². The molecule has 0 saturated heterocycles. The maximum Gasteiger partial charge on any atom is 0.416 e. The quantitative estimate of drug-likeness (QED) is 0.480. The smallest absolute Gasteiger partial charge is 0.166 e. The molecule has 124 valence electrons. The summed E-state index contributed by atoms with van der Waals surface area (Å²) < 4.78 is 38.3. The summed E-state index contributed by atoms with van der Waals surface area (Å²) in [4.78, 5) is 1.15. The van der Waals surface area contributed by atoms with Gasteiger partial charge in [0.05, 0.1) is 10.8 Å². The topological polar surface area (TPSA) is 0 Å². The van der Waals surface area contributed by atoms with Crippen LogP contribution in [0.3, 0.4) is 0 Å². The lowest BCUT2D eigenvalue weighted by atomic mass is 10.1. The van der Waals surface area contributed by atoms with Crippen molar-refractivity contribution in [3.63, 3.8) is 0 Å². The molecule has 1 heterocycles. The summed E-state index contributed by atoms with van der Waals surface area (Å²) in [6.45, 7) is 0. The monoisotopic (exact) mass is 364 g/mol. The molecule has 3 aromatic rings. The Labute approximate surface area is 147 Å². The molecule has 1 unspecified atom stereocenters. The Morgan fingerprint density at radius 2 is 1.58 bits per heavy atom. The summed E-state index contributed by atoms with van der Waals surface area (Å²) in [7, 11) is 0. The summed E-state index contributed by atoms with van der Waals surface area (Å²) in [5.74, 6) is 0.810. The lowest BCUT2D eigenvalue weighted by Gasteiger charge is -2.17. The third kappa shape index (κ3) is 4.22. The van der Waals surface area contributed by atoms with Crippen molar-refractivity contribution >= 4 is 23.1 Å². The minimum absolute atomic E-state index is 0.0347. The van der Waals surface area contributed by atoms with Gasteiger partial charge in [0.25, 0.3) is 0 Å². The Balaban J connectivity index is 1.83. The predicted octanol–water partition coefficient (Wildman–Crippen LogP) is 6.79. The highest BCUT2D eigenvalue weighted by Gasteiger charge is 2.30. The van der Waals surface area contributed by atoms with Gasteiger partial charge < -0.3 is 0 Å². The molecule has 1 aromatic heterocycles. The summed E-state index contributed by atoms with van der Waals surface area (Å²) in [6, 6.07) is 19.6. The van der Waals surface area contributed by atoms with Crippen LogP contribution in [0.5, 0.6) is 0 Å². The molecular formula is C19H15F3S2. The molecule has 0 aliphatic heterocycles. The van der Waals surface area contributed by atoms with Gasteiger partial charge in [-0.1, -0.05) is 48.5 Å². The van der Waals surface area contributed by atoms with Crippen LogP contribution >= 0.6 is 23.1 Å². The molecule has 3 rings (SSSR count). The summed E-state index contributed by atoms with van der Waals surface area (Å²) >= 11 is 3.36. The summed E-state index contributed by atoms with van der Waals surface area (Å²) in [5, 5.41) is 2.03. The number of hydrogen-bond donors (Lipinski definition) is 0. The van der Waals surface area contributed by atoms with Crippen LogP contribution in [0.2, 0.25) is 0 Å². The van der Waals surface area contributed by atoms with Gasteiger partial charge in [0.2, 0.25) is 0 Å². The average molecular weight is 364 g/mol. The van der Waals surface area contributed by atoms with Gasteiger partial charge in [0.15, 0.2) is 0 Å². The molecule has 0 aliphatic carbocycles. The van der Waals surface area contributed by atoms with Crippen LogP contribution in [0.4, 0.5) is 13.2 Å². The normalized spacial score (nSPS) is 13.0. The van der Waals surface area contributed by atoms with Gasteiger partial charge in [-0.05, 0) is 34.7 Å². The molecule has 0 bridgehead atoms. The number of thiophene rings is 1. The van der Waals surface area contributed by atoms with Crippen LogP contribution in [-0.4, -0.2) is 0 Å². The molecule has 0 nitrogen and oxygen atoms in total. The largest absolute Gasteiger partial charge is 0.416 e. The molecule has 0 amide bonds. The van der Waals surface area contributed by atoms with E-state index < -0.39 is 11.7 Å². The third-order valence-electron chi connectivity index (χ3n) is 3.60. The second kappa shape index (κ2) is 7.45. The van der Waals surface area contributed by atoms with Crippen molar-refractivity contribution in [2.75, 3.05) is 0 Å². The molecule has 0 saturated carbocycles. The second-order valence-corrected chi connectivity index (χ2v) is 7.38. The minimum atomic E-state index is -4.30. The molecular weight excluding hydrogens is 349 g/mol. The van der Waals surface area contributed by atoms with Crippen molar-refractivity contribution in [2.24, 2.45) is 0 Å². The Kier molecular flexibility index (Phi) is 5.31. The van der Waals surface area contributed by atoms with Crippen LogP contribution in [0.25, 0.3) is 0 Å². The van der Waals surface area contributed by atoms with Crippen molar-refractivity contribution in [3.8, 4) is 0 Å². The molecule has 0 aliphatic rings. The highest BCUT2D eigenvalue weighted by atomic mass is 32.2. The number of halogens is 3. The van der Waals surface area contributed by atoms with Crippen molar-refractivity contribution in [1.82, 2.24) is 0 Å². The van der Waals surface area contributed by atoms with Crippen LogP contribution in [0.1, 0.15) is 26.8 Å². The third-order valence-corrected chi connectivity index (χ3v) is 6.05. The fourth-order valence-electron chi connectivity index (χ4n) is 2.38. The summed E-state index contributed by atoms with van der Waals surface area (Å²) in [5.41, 5.74) is 1.49. The van der Waals surface area contributed by atoms with E-state index >= 15 is 0 Å². The van der Waals surface area contributed by atoms with E-state index in [-0.39, 0.29) is 5.25 Å². The average Bonchev–Trinajstić information content (AvgIpc) is 3.10. The number of thioether (sulfide) groups is 1. The predicted molar refractivity (Wildman–Crippen MR) is 95.3 cm³/mol. The van der Waals surface area contributed by atoms with Crippen LogP contribution in [0.15, 0.2) is 72.1 Å². The first-order valence-corrected chi connectivity index (χ1v) is 9.33. The zero-order valence-corrected chi connectivity index (χ0v) is 14.3. The lowest BCUT2D eigenvalue weighted by Crippen LogP contribution is -2.05. The van der Waals surface area contributed by atoms with Gasteiger partial charge >= 0.3 is 6.18 Å². The van der Waals surface area contributed by atoms with Crippen molar-refractivity contribution < 1.29 is 13.2 Å². The Bertz CT molecular complexity index is 748. The Morgan fingerprint density at radius 3 is 2.17 bits per heavy atom. The lowest BCUT2D eigenvalue weighted by molar-refractivity contribution is -0.137. The van der Waals surface area contributed by atoms with Crippen LogP contribution in [0, 0.1) is 0 Å². The number of hydrogen-bond acceptors (Lipinski definition) is 2. The maximum atomic E-state index is 12.8. The second-order valence-electron chi connectivity index (χ2n) is 5.31. The Hall–Kier alpha value is -1.72. The van der Waals surface area contributed by atoms with Crippen molar-refractivity contribution in [1.29, 1.82) is 0 Å². The van der Waals surface area contributed by atoms with E-state index in [1.807, 2.05) is 35.7 Å². The first-order chi connectivity index (χ1) is 11.5. The molecule has 24 heavy (non-hydrogen) atoms. The molecule has 0 radical (unpaired) electrons. The standard InChI is InChI=1S/C19H15F3S2/c20-19(21,22)16-10-8-15(9-11-16)18(17-7-4-12-23-17)24-13-14-5-2-1-3-6-14/h1-12,18H,13H2. The van der Waals surface area contributed by atoms with Gasteiger partial charge in [-0.15, -0.1) is 23.1 Å². The first-order valence-electron chi connectivity index (χ1n) is 7.40. The van der Waals surface area contributed by atoms with E-state index in [1.54, 1.807) is 35.2 Å². The fraction of sp³-hybridized carbons (Fsp3) is 0.158. The maximum absolute atomic E-state index is 12.8. The zero-order valence-electron chi connectivity index (χ0n) is 12.7. The van der Waals surface area contributed by atoms with Gasteiger partial charge in [0.1, 0.15) is 0 Å². The molecule has 1 atom stereocenters. The van der Waals surface area contributed by atoms with E-state index in [0.29, 0.717) is 0 Å². The van der Waals surface area contributed by atoms with E-state index in [9.17, 15) is 13.2 Å². The number of rotatable bonds is 5.